The van der Waals surface area contributed by atoms with E-state index in [1.54, 1.807) is 11.1 Å². The van der Waals surface area contributed by atoms with Crippen LogP contribution in [0.2, 0.25) is 0 Å². The van der Waals surface area contributed by atoms with Crippen molar-refractivity contribution in [2.24, 2.45) is 0 Å². The number of aromatic nitrogens is 2. The number of hydrogen-bond acceptors (Lipinski definition) is 7. The lowest BCUT2D eigenvalue weighted by molar-refractivity contribution is 0.140. The van der Waals surface area contributed by atoms with Crippen molar-refractivity contribution in [2.75, 3.05) is 50.0 Å². The molecule has 3 amide bonds. The van der Waals surface area contributed by atoms with E-state index in [1.165, 1.54) is 4.90 Å². The lowest BCUT2D eigenvalue weighted by atomic mass is 9.99. The van der Waals surface area contributed by atoms with E-state index in [2.05, 4.69) is 21.3 Å². The molecule has 3 aliphatic rings. The summed E-state index contributed by atoms with van der Waals surface area (Å²) in [6, 6.07) is 8.07. The Kier molecular flexibility index (Phi) is 6.03. The Morgan fingerprint density at radius 3 is 2.83 bits per heavy atom. The average Bonchev–Trinajstić information content (AvgIpc) is 3.21. The van der Waals surface area contributed by atoms with Crippen LogP contribution in [0.15, 0.2) is 24.4 Å². The fourth-order valence-electron chi connectivity index (χ4n) is 5.06. The minimum Gasteiger partial charge on any atom is -0.465 e. The fourth-order valence-corrected chi connectivity index (χ4v) is 5.06. The number of nitrogens with zero attached hydrogens (tertiary/aromatic N) is 7. The summed E-state index contributed by atoms with van der Waals surface area (Å²) in [5, 5.41) is 22.1. The first-order chi connectivity index (χ1) is 16.9. The monoisotopic (exact) mass is 476 g/mol. The molecule has 5 rings (SSSR count). The Labute approximate surface area is 203 Å². The number of amides is 3. The van der Waals surface area contributed by atoms with Gasteiger partial charge in [0.1, 0.15) is 11.9 Å². The third-order valence-corrected chi connectivity index (χ3v) is 7.03. The Balaban J connectivity index is 1.34. The molecule has 0 spiro atoms. The topological polar surface area (TPSA) is 129 Å². The van der Waals surface area contributed by atoms with E-state index in [0.717, 1.165) is 49.3 Å². The van der Waals surface area contributed by atoms with Crippen LogP contribution in [0.5, 0.6) is 0 Å². The molecule has 1 aromatic heterocycles. The van der Waals surface area contributed by atoms with Crippen LogP contribution < -0.4 is 10.2 Å². The number of fused-ring (bicyclic) bond motifs is 1. The molecule has 2 aromatic rings. The zero-order valence-electron chi connectivity index (χ0n) is 19.6. The fraction of sp³-hybridized carbons (Fsp3) is 0.458. The van der Waals surface area contributed by atoms with Gasteiger partial charge in [-0.3, -0.25) is 0 Å². The number of carbonyl (C=O) groups is 2. The number of rotatable bonds is 4. The van der Waals surface area contributed by atoms with E-state index in [0.29, 0.717) is 37.7 Å². The molecule has 0 saturated carbocycles. The molecule has 0 aliphatic carbocycles. The molecule has 0 unspecified atom stereocenters. The predicted octanol–water partition coefficient (Wildman–Crippen LogP) is 2.46. The summed E-state index contributed by atoms with van der Waals surface area (Å²) < 4.78 is 0. The number of nitrogens with one attached hydrogen (secondary N) is 1. The van der Waals surface area contributed by atoms with Crippen molar-refractivity contribution >= 4 is 29.4 Å². The minimum atomic E-state index is -0.912. The number of benzene rings is 1. The number of carbonyl (C=O) groups excluding carboxylic acids is 1. The number of likely N-dealkylation sites (N-methyl/N-ethyl adjacent to an activating group) is 1. The van der Waals surface area contributed by atoms with Crippen molar-refractivity contribution in [3.05, 3.63) is 41.2 Å². The summed E-state index contributed by atoms with van der Waals surface area (Å²) in [6.07, 6.45) is 3.25. The first-order valence-corrected chi connectivity index (χ1v) is 11.8. The molecule has 3 aliphatic heterocycles. The second kappa shape index (κ2) is 9.29. The van der Waals surface area contributed by atoms with Crippen molar-refractivity contribution in [2.45, 2.75) is 31.8 Å². The van der Waals surface area contributed by atoms with Crippen molar-refractivity contribution in [3.63, 3.8) is 0 Å². The molecule has 2 fully saturated rings. The zero-order chi connectivity index (χ0) is 24.5. The summed E-state index contributed by atoms with van der Waals surface area (Å²) in [5.74, 6) is 1.05. The van der Waals surface area contributed by atoms with Crippen molar-refractivity contribution in [1.82, 2.24) is 24.7 Å². The molecule has 4 heterocycles. The highest BCUT2D eigenvalue weighted by molar-refractivity contribution is 5.76. The number of anilines is 3. The molecule has 11 nitrogen and oxygen atoms in total. The third-order valence-electron chi connectivity index (χ3n) is 7.03. The average molecular weight is 477 g/mol. The highest BCUT2D eigenvalue weighted by atomic mass is 16.4. The van der Waals surface area contributed by atoms with Crippen LogP contribution >= 0.6 is 0 Å². The van der Waals surface area contributed by atoms with Gasteiger partial charge in [0.25, 0.3) is 0 Å². The molecule has 1 atom stereocenters. The van der Waals surface area contributed by atoms with Crippen LogP contribution in [-0.2, 0) is 13.0 Å². The number of carboxylic acid groups (broad SMARTS) is 1. The van der Waals surface area contributed by atoms with Crippen molar-refractivity contribution < 1.29 is 14.7 Å². The molecule has 11 heteroatoms. The normalized spacial score (nSPS) is 20.0. The van der Waals surface area contributed by atoms with Crippen LogP contribution in [0.4, 0.5) is 26.9 Å². The number of nitriles is 1. The van der Waals surface area contributed by atoms with Crippen LogP contribution in [0, 0.1) is 11.3 Å². The van der Waals surface area contributed by atoms with Crippen molar-refractivity contribution in [3.8, 4) is 6.07 Å². The van der Waals surface area contributed by atoms with Gasteiger partial charge in [0.05, 0.1) is 12.2 Å². The molecule has 0 bridgehead atoms. The predicted molar refractivity (Wildman–Crippen MR) is 129 cm³/mol. The van der Waals surface area contributed by atoms with Crippen LogP contribution in [0.1, 0.15) is 29.7 Å². The van der Waals surface area contributed by atoms with E-state index < -0.39 is 6.09 Å². The van der Waals surface area contributed by atoms with Crippen molar-refractivity contribution in [1.29, 1.82) is 5.26 Å². The van der Waals surface area contributed by atoms with Gasteiger partial charge in [0.2, 0.25) is 0 Å². The van der Waals surface area contributed by atoms with Gasteiger partial charge >= 0.3 is 12.1 Å². The summed E-state index contributed by atoms with van der Waals surface area (Å²) in [7, 11) is 1.83. The van der Waals surface area contributed by atoms with E-state index in [9.17, 15) is 20.0 Å². The van der Waals surface area contributed by atoms with E-state index in [4.69, 9.17) is 4.98 Å². The molecule has 35 heavy (non-hydrogen) atoms. The largest absolute Gasteiger partial charge is 0.465 e. The number of urea groups is 1. The van der Waals surface area contributed by atoms with Crippen LogP contribution in [-0.4, -0.2) is 87.7 Å². The lowest BCUT2D eigenvalue weighted by Crippen LogP contribution is -2.49. The maximum absolute atomic E-state index is 12.5. The zero-order valence-corrected chi connectivity index (χ0v) is 19.6. The van der Waals surface area contributed by atoms with Gasteiger partial charge in [-0.1, -0.05) is 6.07 Å². The van der Waals surface area contributed by atoms with Gasteiger partial charge in [-0.2, -0.15) is 5.26 Å². The maximum Gasteiger partial charge on any atom is 0.407 e. The van der Waals surface area contributed by atoms with Gasteiger partial charge in [-0.05, 0) is 42.5 Å². The van der Waals surface area contributed by atoms with Gasteiger partial charge < -0.3 is 30.0 Å². The standard InChI is InChI=1S/C24H28N8O3/c1-29-9-10-32(23(29)33)19-3-2-7-30(15-19)21-13-26-20(12-25)22(28-21)27-18-5-4-17-14-31(24(34)35)8-6-16(17)11-18/h4-5,11,13,19H,2-3,6-10,14-15H2,1H3,(H,27,28)(H,34,35)/t19-/m1/s1. The molecule has 2 N–H and O–H groups in total. The quantitative estimate of drug-likeness (QED) is 0.689. The SMILES string of the molecule is CN1CCN([C@@H]2CCCN(c3cnc(C#N)c(Nc4ccc5c(c4)CCN(C(=O)O)C5)n3)C2)C1=O. The molecular weight excluding hydrogens is 448 g/mol. The molecular formula is C24H28N8O3. The van der Waals surface area contributed by atoms with E-state index in [-0.39, 0.29) is 17.8 Å². The third kappa shape index (κ3) is 4.51. The second-order valence-corrected chi connectivity index (χ2v) is 9.24. The van der Waals surface area contributed by atoms with Gasteiger partial charge in [-0.15, -0.1) is 0 Å². The summed E-state index contributed by atoms with van der Waals surface area (Å²) in [6.45, 7) is 3.80. The first-order valence-electron chi connectivity index (χ1n) is 11.8. The van der Waals surface area contributed by atoms with E-state index in [1.807, 2.05) is 30.1 Å². The number of hydrogen-bond donors (Lipinski definition) is 2. The highest BCUT2D eigenvalue weighted by Crippen LogP contribution is 2.28. The highest BCUT2D eigenvalue weighted by Gasteiger charge is 2.34. The van der Waals surface area contributed by atoms with Gasteiger partial charge in [-0.25, -0.2) is 19.6 Å². The number of piperidine rings is 1. The van der Waals surface area contributed by atoms with Gasteiger partial charge in [0.15, 0.2) is 11.5 Å². The summed E-state index contributed by atoms with van der Waals surface area (Å²) >= 11 is 0. The first kappa shape index (κ1) is 22.7. The molecule has 1 aromatic carbocycles. The summed E-state index contributed by atoms with van der Waals surface area (Å²) in [4.78, 5) is 40.1. The Morgan fingerprint density at radius 1 is 1.23 bits per heavy atom. The minimum absolute atomic E-state index is 0.0732. The summed E-state index contributed by atoms with van der Waals surface area (Å²) in [5.41, 5.74) is 3.03. The Bertz CT molecular complexity index is 1200. The maximum atomic E-state index is 12.5. The molecule has 0 radical (unpaired) electrons. The Morgan fingerprint density at radius 2 is 2.09 bits per heavy atom. The van der Waals surface area contributed by atoms with E-state index >= 15 is 0 Å². The van der Waals surface area contributed by atoms with Gasteiger partial charge in [0, 0.05) is 52.0 Å². The lowest BCUT2D eigenvalue weighted by Gasteiger charge is -2.37. The molecule has 2 saturated heterocycles. The second-order valence-electron chi connectivity index (χ2n) is 9.24. The van der Waals surface area contributed by atoms with Crippen LogP contribution in [0.3, 0.4) is 0 Å². The van der Waals surface area contributed by atoms with Crippen LogP contribution in [0.25, 0.3) is 0 Å². The smallest absolute Gasteiger partial charge is 0.407 e. The Hall–Kier alpha value is -4.07. The molecule has 182 valence electrons.